The van der Waals surface area contributed by atoms with E-state index in [0.29, 0.717) is 31.1 Å². The highest BCUT2D eigenvalue weighted by atomic mass is 19.1. The topological polar surface area (TPSA) is 127 Å². The first-order valence-corrected chi connectivity index (χ1v) is 9.34. The van der Waals surface area contributed by atoms with Gasteiger partial charge in [0, 0.05) is 38.8 Å². The molecule has 0 saturated carbocycles. The molecular weight excluding hydrogens is 393 g/mol. The summed E-state index contributed by atoms with van der Waals surface area (Å²) in [5.74, 6) is 0.0958. The van der Waals surface area contributed by atoms with E-state index in [2.05, 4.69) is 30.3 Å². The summed E-state index contributed by atoms with van der Waals surface area (Å²) >= 11 is 0. The highest BCUT2D eigenvalue weighted by Gasteiger charge is 2.29. The molecule has 3 aromatic heterocycles. The van der Waals surface area contributed by atoms with Gasteiger partial charge in [-0.15, -0.1) is 0 Å². The largest absolute Gasteiger partial charge is 0.479 e. The summed E-state index contributed by atoms with van der Waals surface area (Å²) in [4.78, 5) is 28.9. The Labute approximate surface area is 171 Å². The van der Waals surface area contributed by atoms with E-state index < -0.39 is 5.82 Å². The van der Waals surface area contributed by atoms with Crippen LogP contribution in [-0.4, -0.2) is 68.4 Å². The van der Waals surface area contributed by atoms with Crippen LogP contribution in [0, 0.1) is 5.82 Å². The summed E-state index contributed by atoms with van der Waals surface area (Å²) in [6.07, 6.45) is 3.06. The third kappa shape index (κ3) is 3.51. The van der Waals surface area contributed by atoms with Gasteiger partial charge in [0.1, 0.15) is 5.82 Å². The lowest BCUT2D eigenvalue weighted by molar-refractivity contribution is 0.200. The molecule has 0 aliphatic carbocycles. The van der Waals surface area contributed by atoms with Crippen LogP contribution in [0.15, 0.2) is 18.5 Å². The lowest BCUT2D eigenvalue weighted by Crippen LogP contribution is -2.55. The van der Waals surface area contributed by atoms with E-state index in [4.69, 9.17) is 10.5 Å². The minimum Gasteiger partial charge on any atom is -0.479 e. The molecule has 4 rings (SSSR count). The summed E-state index contributed by atoms with van der Waals surface area (Å²) in [7, 11) is 3.12. The minimum atomic E-state index is -0.643. The number of nitrogens with two attached hydrogens (primary N) is 1. The second kappa shape index (κ2) is 7.61. The fourth-order valence-electron chi connectivity index (χ4n) is 3.55. The zero-order chi connectivity index (χ0) is 21.4. The average Bonchev–Trinajstić information content (AvgIpc) is 3.08. The van der Waals surface area contributed by atoms with Crippen LogP contribution in [0.25, 0.3) is 11.0 Å². The third-order valence-electron chi connectivity index (χ3n) is 5.03. The number of nitrogens with one attached hydrogen (secondary N) is 1. The van der Waals surface area contributed by atoms with E-state index in [0.717, 1.165) is 5.39 Å². The van der Waals surface area contributed by atoms with E-state index in [1.807, 2.05) is 6.92 Å². The van der Waals surface area contributed by atoms with Gasteiger partial charge in [0.25, 0.3) is 0 Å². The first-order valence-electron chi connectivity index (χ1n) is 9.34. The highest BCUT2D eigenvalue weighted by molar-refractivity contribution is 5.90. The molecule has 0 unspecified atom stereocenters. The molecule has 3 aromatic rings. The number of anilines is 3. The number of carbonyl (C=O) groups is 1. The summed E-state index contributed by atoms with van der Waals surface area (Å²) in [6.45, 7) is 3.44. The molecule has 11 nitrogen and oxygen atoms in total. The number of amides is 2. The number of urea groups is 1. The van der Waals surface area contributed by atoms with Crippen LogP contribution in [0.2, 0.25) is 0 Å². The smallest absolute Gasteiger partial charge is 0.322 e. The monoisotopic (exact) mass is 415 g/mol. The van der Waals surface area contributed by atoms with E-state index >= 15 is 0 Å². The Morgan fingerprint density at radius 1 is 1.33 bits per heavy atom. The summed E-state index contributed by atoms with van der Waals surface area (Å²) < 4.78 is 20.3. The van der Waals surface area contributed by atoms with Crippen molar-refractivity contribution in [3.05, 3.63) is 24.3 Å². The Hall–Kier alpha value is -3.70. The van der Waals surface area contributed by atoms with Gasteiger partial charge in [0.15, 0.2) is 11.5 Å². The number of aryl methyl sites for hydroxylation is 1. The van der Waals surface area contributed by atoms with Crippen molar-refractivity contribution in [3.8, 4) is 5.88 Å². The molecule has 4 heterocycles. The number of halogens is 1. The number of piperazine rings is 1. The SMILES string of the molecule is COc1ncc(NC(=O)N2CCN(c3nc(N)nc4c3cnn4C)[C@@H](C)C2)cc1F. The Bertz CT molecular complexity index is 1100. The van der Waals surface area contributed by atoms with Crippen LogP contribution in [0.1, 0.15) is 6.92 Å². The average molecular weight is 415 g/mol. The van der Waals surface area contributed by atoms with Gasteiger partial charge in [-0.25, -0.2) is 14.2 Å². The number of aromatic nitrogens is 5. The summed E-state index contributed by atoms with van der Waals surface area (Å²) in [5, 5.41) is 7.71. The predicted molar refractivity (Wildman–Crippen MR) is 109 cm³/mol. The number of nitrogen functional groups attached to an aromatic ring is 1. The molecule has 30 heavy (non-hydrogen) atoms. The molecule has 0 bridgehead atoms. The van der Waals surface area contributed by atoms with Crippen LogP contribution in [-0.2, 0) is 7.05 Å². The van der Waals surface area contributed by atoms with Crippen molar-refractivity contribution in [1.29, 1.82) is 0 Å². The third-order valence-corrected chi connectivity index (χ3v) is 5.03. The molecule has 3 N–H and O–H groups in total. The predicted octanol–water partition coefficient (Wildman–Crippen LogP) is 1.23. The standard InChI is InChI=1S/C18H22FN9O2/c1-10-9-27(18(29)23-11-6-13(19)16(30-3)21-7-11)4-5-28(10)15-12-8-22-26(2)14(12)24-17(20)25-15/h6-8,10H,4-5,9H2,1-3H3,(H,23,29)(H2,20,24,25)/t10-/m0/s1. The number of hydrogen-bond donors (Lipinski definition) is 2. The summed E-state index contributed by atoms with van der Waals surface area (Å²) in [6, 6.07) is 0.807. The number of fused-ring (bicyclic) bond motifs is 1. The number of nitrogens with zero attached hydrogens (tertiary/aromatic N) is 7. The zero-order valence-electron chi connectivity index (χ0n) is 16.8. The first-order chi connectivity index (χ1) is 14.4. The molecule has 1 saturated heterocycles. The number of ether oxygens (including phenoxy) is 1. The fraction of sp³-hybridized carbons (Fsp3) is 0.389. The molecule has 1 fully saturated rings. The number of carbonyl (C=O) groups excluding carboxylic acids is 1. The molecule has 0 aromatic carbocycles. The van der Waals surface area contributed by atoms with Gasteiger partial charge < -0.3 is 25.6 Å². The van der Waals surface area contributed by atoms with Gasteiger partial charge in [0.05, 0.1) is 30.6 Å². The maximum atomic E-state index is 13.8. The van der Waals surface area contributed by atoms with Gasteiger partial charge in [-0.2, -0.15) is 15.1 Å². The minimum absolute atomic E-state index is 0.0343. The number of hydrogen-bond acceptors (Lipinski definition) is 8. The maximum Gasteiger partial charge on any atom is 0.322 e. The number of methoxy groups -OCH3 is 1. The molecule has 1 aliphatic rings. The quantitative estimate of drug-likeness (QED) is 0.654. The van der Waals surface area contributed by atoms with E-state index in [9.17, 15) is 9.18 Å². The molecule has 1 aliphatic heterocycles. The normalized spacial score (nSPS) is 16.7. The van der Waals surface area contributed by atoms with Crippen LogP contribution in [0.4, 0.5) is 26.6 Å². The van der Waals surface area contributed by atoms with Crippen LogP contribution < -0.4 is 20.7 Å². The summed E-state index contributed by atoms with van der Waals surface area (Å²) in [5.41, 5.74) is 6.80. The molecule has 0 radical (unpaired) electrons. The van der Waals surface area contributed by atoms with Gasteiger partial charge in [-0.05, 0) is 6.92 Å². The zero-order valence-corrected chi connectivity index (χ0v) is 16.8. The van der Waals surface area contributed by atoms with Crippen LogP contribution in [0.3, 0.4) is 0 Å². The van der Waals surface area contributed by atoms with Crippen molar-refractivity contribution in [2.45, 2.75) is 13.0 Å². The second-order valence-electron chi connectivity index (χ2n) is 7.04. The Kier molecular flexibility index (Phi) is 4.98. The van der Waals surface area contributed by atoms with E-state index in [-0.39, 0.29) is 29.6 Å². The van der Waals surface area contributed by atoms with Crippen molar-refractivity contribution in [3.63, 3.8) is 0 Å². The molecule has 1 atom stereocenters. The fourth-order valence-corrected chi connectivity index (χ4v) is 3.55. The van der Waals surface area contributed by atoms with Crippen molar-refractivity contribution >= 4 is 34.5 Å². The van der Waals surface area contributed by atoms with Crippen molar-refractivity contribution < 1.29 is 13.9 Å². The van der Waals surface area contributed by atoms with Gasteiger partial charge in [-0.1, -0.05) is 0 Å². The molecular formula is C18H22FN9O2. The Balaban J connectivity index is 1.48. The van der Waals surface area contributed by atoms with Gasteiger partial charge >= 0.3 is 6.03 Å². The molecule has 2 amide bonds. The first kappa shape index (κ1) is 19.6. The number of rotatable bonds is 3. The maximum absolute atomic E-state index is 13.8. The number of pyridine rings is 1. The van der Waals surface area contributed by atoms with Gasteiger partial charge in [0.2, 0.25) is 11.8 Å². The molecule has 0 spiro atoms. The Morgan fingerprint density at radius 2 is 2.13 bits per heavy atom. The van der Waals surface area contributed by atoms with Crippen molar-refractivity contribution in [2.24, 2.45) is 7.05 Å². The molecule has 158 valence electrons. The van der Waals surface area contributed by atoms with E-state index in [1.165, 1.54) is 19.4 Å². The van der Waals surface area contributed by atoms with E-state index in [1.54, 1.807) is 22.8 Å². The Morgan fingerprint density at radius 3 is 2.83 bits per heavy atom. The highest BCUT2D eigenvalue weighted by Crippen LogP contribution is 2.27. The van der Waals surface area contributed by atoms with Gasteiger partial charge in [-0.3, -0.25) is 4.68 Å². The second-order valence-corrected chi connectivity index (χ2v) is 7.04. The molecule has 12 heteroatoms. The van der Waals surface area contributed by atoms with Crippen molar-refractivity contribution in [1.82, 2.24) is 29.6 Å². The lowest BCUT2D eigenvalue weighted by atomic mass is 10.2. The van der Waals surface area contributed by atoms with Crippen LogP contribution >= 0.6 is 0 Å². The van der Waals surface area contributed by atoms with Crippen molar-refractivity contribution in [2.75, 3.05) is 42.7 Å². The van der Waals surface area contributed by atoms with Crippen LogP contribution in [0.5, 0.6) is 5.88 Å². The lowest BCUT2D eigenvalue weighted by Gasteiger charge is -2.40.